The summed E-state index contributed by atoms with van der Waals surface area (Å²) in [6, 6.07) is 52.7. The van der Waals surface area contributed by atoms with E-state index in [-0.39, 0.29) is 149 Å². The monoisotopic (exact) mass is 1530 g/mol. The maximum atomic E-state index is 5.78. The first-order valence-electron chi connectivity index (χ1n) is 33.0. The van der Waals surface area contributed by atoms with E-state index in [9.17, 15) is 0 Å². The number of nitrogens with zero attached hydrogens (tertiary/aromatic N) is 3. The van der Waals surface area contributed by atoms with Gasteiger partial charge in [0.1, 0.15) is 0 Å². The average Bonchev–Trinajstić information content (AvgIpc) is 1.58. The molecular formula is C86H133N3S3Si3Ti3. The van der Waals surface area contributed by atoms with Crippen molar-refractivity contribution in [2.75, 3.05) is 0 Å². The molecule has 98 heavy (non-hydrogen) atoms. The number of rotatable bonds is 10. The van der Waals surface area contributed by atoms with Crippen LogP contribution in [0.25, 0.3) is 14.9 Å². The molecule has 3 aliphatic heterocycles. The van der Waals surface area contributed by atoms with Crippen molar-refractivity contribution in [3.63, 3.8) is 0 Å². The number of benzene rings is 6. The molecule has 18 unspecified atom stereocenters. The molecule has 3 heterocycles. The van der Waals surface area contributed by atoms with Gasteiger partial charge in [0.15, 0.2) is 0 Å². The summed E-state index contributed by atoms with van der Waals surface area (Å²) in [5.41, 5.74) is 12.5. The van der Waals surface area contributed by atoms with Crippen molar-refractivity contribution in [1.29, 1.82) is 0 Å². The van der Waals surface area contributed by atoms with Gasteiger partial charge < -0.3 is 81.8 Å². The number of fused-ring (bicyclic) bond motifs is 9. The fourth-order valence-corrected chi connectivity index (χ4v) is 43.6. The van der Waals surface area contributed by atoms with Crippen molar-refractivity contribution in [3.8, 4) is 0 Å². The van der Waals surface area contributed by atoms with Gasteiger partial charge in [-0.1, -0.05) is 290 Å². The molecule has 0 saturated heterocycles. The quantitative estimate of drug-likeness (QED) is 0.101. The summed E-state index contributed by atoms with van der Waals surface area (Å²) in [6.45, 7) is 52.5. The van der Waals surface area contributed by atoms with Gasteiger partial charge in [0.05, 0.1) is 0 Å². The molecule has 3 nitrogen and oxygen atoms in total. The molecule has 0 N–H and O–H groups in total. The van der Waals surface area contributed by atoms with Gasteiger partial charge in [-0.3, -0.25) is 0 Å². The summed E-state index contributed by atoms with van der Waals surface area (Å²) in [5, 5.41) is 6.65. The fourth-order valence-electron chi connectivity index (χ4n) is 18.9. The summed E-state index contributed by atoms with van der Waals surface area (Å²) in [6.07, 6.45) is 1.09. The van der Waals surface area contributed by atoms with E-state index in [1.807, 2.05) is 0 Å². The van der Waals surface area contributed by atoms with Crippen LogP contribution in [0.15, 0.2) is 154 Å². The third-order valence-electron chi connectivity index (χ3n) is 21.8. The van der Waals surface area contributed by atoms with E-state index in [0.717, 1.165) is 6.42 Å². The molecule has 12 rings (SSSR count). The van der Waals surface area contributed by atoms with E-state index in [4.69, 9.17) is 14.9 Å². The van der Waals surface area contributed by atoms with Crippen LogP contribution >= 0.6 is 35.3 Å². The van der Waals surface area contributed by atoms with Gasteiger partial charge in [-0.25, -0.2) is 0 Å². The van der Waals surface area contributed by atoms with Gasteiger partial charge in [-0.2, -0.15) is 0 Å². The maximum Gasteiger partial charge on any atom is 4.00 e. The molecule has 6 aromatic rings. The smallest absolute Gasteiger partial charge is 0.656 e. The molecule has 534 valence electrons. The first-order valence-corrected chi connectivity index (χ1v) is 43.3. The Morgan fingerprint density at radius 2 is 0.653 bits per heavy atom. The SMILES string of the molecule is CC1C(C)C([Si](C)([N-]C(C)(C)C)c2ccccc2)C2Sc3ccccc3C12.CCc1ccccc1[Si](C)([N-]C(C)(C)C)C1C(C)C(C)C2c3ccccc3SC21.Cc1cc(C)c([Si](C)([N-]C(C)(C)C)C2C(C)C(C)C3c4ccccc4SC32)c(C)c1.[CH3-].[CH3-].[CH3-].[CH3-].[CH3-].[CH3-].[CH3-].[CH3-].[CH3-].[Ti+4].[Ti+4].[Ti+4]. The Morgan fingerprint density at radius 1 is 0.367 bits per heavy atom. The molecule has 0 aromatic heterocycles. The van der Waals surface area contributed by atoms with Gasteiger partial charge >= 0.3 is 65.2 Å². The van der Waals surface area contributed by atoms with E-state index in [2.05, 4.69) is 326 Å². The topological polar surface area (TPSA) is 42.3 Å². The van der Waals surface area contributed by atoms with Crippen LogP contribution in [0.3, 0.4) is 0 Å². The molecule has 0 bridgehead atoms. The van der Waals surface area contributed by atoms with Crippen LogP contribution in [0, 0.1) is 123 Å². The van der Waals surface area contributed by atoms with Gasteiger partial charge in [0.2, 0.25) is 0 Å². The molecular weight excluding hydrogens is 1400 g/mol. The molecule has 6 aromatic carbocycles. The van der Waals surface area contributed by atoms with Crippen LogP contribution in [0.2, 0.25) is 36.3 Å². The zero-order valence-electron chi connectivity index (χ0n) is 67.2. The van der Waals surface area contributed by atoms with Crippen LogP contribution in [0.5, 0.6) is 0 Å². The van der Waals surface area contributed by atoms with Gasteiger partial charge in [0, 0.05) is 30.4 Å². The summed E-state index contributed by atoms with van der Waals surface area (Å²) in [5.74, 6) is 6.21. The number of aryl methyl sites for hydroxylation is 4. The number of hydrogen-bond donors (Lipinski definition) is 0. The zero-order chi connectivity index (χ0) is 62.4. The van der Waals surface area contributed by atoms with Crippen molar-refractivity contribution in [1.82, 2.24) is 0 Å². The third-order valence-corrected chi connectivity index (χ3v) is 41.8. The Hall–Kier alpha value is -0.956. The normalized spacial score (nSPS) is 27.1. The molecule has 0 radical (unpaired) electrons. The molecule has 12 heteroatoms. The summed E-state index contributed by atoms with van der Waals surface area (Å²) in [4.78, 5) is 21.7. The van der Waals surface area contributed by atoms with E-state index >= 15 is 0 Å². The van der Waals surface area contributed by atoms with Crippen molar-refractivity contribution in [3.05, 3.63) is 260 Å². The molecule has 3 aliphatic carbocycles. The minimum atomic E-state index is -2.17. The third kappa shape index (κ3) is 19.6. The van der Waals surface area contributed by atoms with Crippen LogP contribution in [0.4, 0.5) is 0 Å². The fraction of sp³-hybridized carbons (Fsp3) is 0.477. The Balaban J connectivity index is -0.00000130. The van der Waals surface area contributed by atoms with Crippen molar-refractivity contribution >= 4 is 75.6 Å². The Bertz CT molecular complexity index is 3360. The summed E-state index contributed by atoms with van der Waals surface area (Å²) < 4.78 is 0. The van der Waals surface area contributed by atoms with Gasteiger partial charge in [-0.15, -0.1) is 51.9 Å². The second-order valence-corrected chi connectivity index (χ2v) is 45.9. The van der Waals surface area contributed by atoms with Crippen LogP contribution < -0.4 is 15.6 Å². The minimum absolute atomic E-state index is 0. The minimum Gasteiger partial charge on any atom is -0.656 e. The predicted molar refractivity (Wildman–Crippen MR) is 446 cm³/mol. The van der Waals surface area contributed by atoms with Gasteiger partial charge in [-0.05, 0) is 157 Å². The summed E-state index contributed by atoms with van der Waals surface area (Å²) >= 11 is 6.46. The van der Waals surface area contributed by atoms with Crippen LogP contribution in [0.1, 0.15) is 167 Å². The number of thioether (sulfide) groups is 3. The van der Waals surface area contributed by atoms with E-state index in [0.29, 0.717) is 85.6 Å². The second-order valence-electron chi connectivity index (χ2n) is 31.1. The van der Waals surface area contributed by atoms with E-state index < -0.39 is 24.7 Å². The zero-order valence-corrected chi connectivity index (χ0v) is 77.3. The molecule has 3 fully saturated rings. The first-order chi connectivity index (χ1) is 40.3. The molecule has 18 atom stereocenters. The molecule has 0 amide bonds. The molecule has 6 aliphatic rings. The van der Waals surface area contributed by atoms with Crippen LogP contribution in [-0.2, 0) is 71.6 Å². The maximum absolute atomic E-state index is 5.78. The number of hydrogen-bond acceptors (Lipinski definition) is 3. The van der Waals surface area contributed by atoms with Crippen LogP contribution in [-0.4, -0.2) is 57.1 Å². The molecule has 0 spiro atoms. The van der Waals surface area contributed by atoms with E-state index in [1.54, 1.807) is 27.1 Å². The molecule has 3 saturated carbocycles. The average molecular weight is 1530 g/mol. The second kappa shape index (κ2) is 39.1. The Morgan fingerprint density at radius 3 is 1.00 bits per heavy atom. The predicted octanol–water partition coefficient (Wildman–Crippen LogP) is 25.2. The largest absolute Gasteiger partial charge is 4.00 e. The Labute approximate surface area is 668 Å². The van der Waals surface area contributed by atoms with Crippen molar-refractivity contribution in [2.45, 2.75) is 239 Å². The van der Waals surface area contributed by atoms with Crippen molar-refractivity contribution in [2.24, 2.45) is 35.5 Å². The van der Waals surface area contributed by atoms with E-state index in [1.165, 1.54) is 42.1 Å². The van der Waals surface area contributed by atoms with Gasteiger partial charge in [0.25, 0.3) is 0 Å². The first kappa shape index (κ1) is 101. The van der Waals surface area contributed by atoms with Crippen molar-refractivity contribution < 1.29 is 65.2 Å². The standard InChI is InChI=1S/C27H38NSSi.C26H36NSSi.C24H32NSSi.9CH3.3Ti/c1-16-14-17(2)25(18(3)15-16)30(9,28-27(6,7)8)26-20(5)19(4)23-21-12-10-11-13-22(21)29-24(23)26;1-8-19-13-9-12-16-22(19)29(7,27-26(4,5)6)25-18(3)17(2)23-20-14-10-11-15-21(20)28-24(23)25;1-16-17(2)23(22-21(16)19-14-10-11-15-20(19)26-22)27(6,25-24(3,4)5)18-12-8-7-9-13-18;;;;;;;;;;;;/h10-15,19-20,23-24,26H,1-9H3;9-18,23-25H,8H2,1-7H3;7-17,21-23H,1-6H3;9*1H3;;;/q12*-1;3*+4. The summed E-state index contributed by atoms with van der Waals surface area (Å²) in [7, 11) is -6.34. The Kier molecular flexibility index (Phi) is 40.3.